The van der Waals surface area contributed by atoms with E-state index in [1.807, 2.05) is 11.9 Å². The molecule has 130 valence electrons. The average molecular weight is 341 g/mol. The summed E-state index contributed by atoms with van der Waals surface area (Å²) in [7, 11) is -1.09. The van der Waals surface area contributed by atoms with Gasteiger partial charge in [-0.15, -0.1) is 0 Å². The largest absolute Gasteiger partial charge is 0.340 e. The summed E-state index contributed by atoms with van der Waals surface area (Å²) in [5.74, 6) is 0.941. The summed E-state index contributed by atoms with van der Waals surface area (Å²) in [6, 6.07) is 0. The summed E-state index contributed by atoms with van der Waals surface area (Å²) in [5, 5.41) is -0.150. The highest BCUT2D eigenvalue weighted by Gasteiger charge is 2.52. The molecule has 23 heavy (non-hydrogen) atoms. The molecular formula is C16H27N3O3S. The molecule has 2 saturated heterocycles. The van der Waals surface area contributed by atoms with Crippen molar-refractivity contribution in [2.24, 2.45) is 5.92 Å². The molecule has 0 unspecified atom stereocenters. The van der Waals surface area contributed by atoms with E-state index in [2.05, 4.69) is 4.90 Å². The highest BCUT2D eigenvalue weighted by molar-refractivity contribution is 7.90. The Hall–Kier alpha value is -0.660. The Morgan fingerprint density at radius 3 is 2.26 bits per heavy atom. The maximum absolute atomic E-state index is 13.1. The molecule has 0 bridgehead atoms. The standard InChI is InChI=1S/C16H27N3O3S/c1-17-10-11-18(12-13-2-3-13)15(20)16(17)6-8-19(9-7-16)23(21,22)14-4-5-14/h13-14H,2-12H2,1H3. The monoisotopic (exact) mass is 341 g/mol. The van der Waals surface area contributed by atoms with Gasteiger partial charge in [-0.25, -0.2) is 12.7 Å². The lowest BCUT2D eigenvalue weighted by molar-refractivity contribution is -0.153. The maximum atomic E-state index is 13.1. The van der Waals surface area contributed by atoms with Crippen LogP contribution < -0.4 is 0 Å². The van der Waals surface area contributed by atoms with Gasteiger partial charge in [0.15, 0.2) is 0 Å². The predicted molar refractivity (Wildman–Crippen MR) is 87.4 cm³/mol. The third-order valence-electron chi connectivity index (χ3n) is 6.15. The first-order valence-corrected chi connectivity index (χ1v) is 10.4. The first-order valence-electron chi connectivity index (χ1n) is 8.93. The molecule has 0 N–H and O–H groups in total. The molecule has 1 amide bonds. The summed E-state index contributed by atoms with van der Waals surface area (Å²) in [6.45, 7) is 3.60. The smallest absolute Gasteiger partial charge is 0.243 e. The second-order valence-corrected chi connectivity index (χ2v) is 10.0. The van der Waals surface area contributed by atoms with Gasteiger partial charge in [-0.2, -0.15) is 0 Å². The molecule has 2 aliphatic carbocycles. The first kappa shape index (κ1) is 15.8. The van der Waals surface area contributed by atoms with Gasteiger partial charge in [0.05, 0.1) is 5.25 Å². The van der Waals surface area contributed by atoms with E-state index in [9.17, 15) is 13.2 Å². The number of hydrogen-bond acceptors (Lipinski definition) is 4. The molecule has 0 aromatic carbocycles. The van der Waals surface area contributed by atoms with Crippen LogP contribution in [0, 0.1) is 5.92 Å². The number of piperidine rings is 1. The number of amides is 1. The SMILES string of the molecule is CN1CCN(CC2CC2)C(=O)C12CCN(S(=O)(=O)C1CC1)CC2. The van der Waals surface area contributed by atoms with E-state index in [1.165, 1.54) is 12.8 Å². The molecule has 4 fully saturated rings. The number of nitrogens with zero attached hydrogens (tertiary/aromatic N) is 3. The predicted octanol–water partition coefficient (Wildman–Crippen LogP) is 0.497. The molecule has 2 aliphatic heterocycles. The third kappa shape index (κ3) is 2.70. The quantitative estimate of drug-likeness (QED) is 0.747. The topological polar surface area (TPSA) is 60.9 Å². The summed E-state index contributed by atoms with van der Waals surface area (Å²) in [4.78, 5) is 17.3. The third-order valence-corrected chi connectivity index (χ3v) is 8.55. The van der Waals surface area contributed by atoms with Crippen molar-refractivity contribution >= 4 is 15.9 Å². The van der Waals surface area contributed by atoms with E-state index >= 15 is 0 Å². The van der Waals surface area contributed by atoms with Crippen LogP contribution in [0.5, 0.6) is 0 Å². The second kappa shape index (κ2) is 5.43. The van der Waals surface area contributed by atoms with E-state index in [0.717, 1.165) is 32.5 Å². The van der Waals surface area contributed by atoms with Gasteiger partial charge in [0.1, 0.15) is 5.54 Å². The van der Waals surface area contributed by atoms with Crippen molar-refractivity contribution in [1.82, 2.24) is 14.1 Å². The minimum Gasteiger partial charge on any atom is -0.340 e. The van der Waals surface area contributed by atoms with Gasteiger partial charge in [0.2, 0.25) is 15.9 Å². The van der Waals surface area contributed by atoms with Crippen LogP contribution in [-0.4, -0.2) is 79.0 Å². The van der Waals surface area contributed by atoms with Gasteiger partial charge in [-0.05, 0) is 51.5 Å². The molecule has 4 rings (SSSR count). The lowest BCUT2D eigenvalue weighted by atomic mass is 9.83. The van der Waals surface area contributed by atoms with E-state index in [1.54, 1.807) is 4.31 Å². The number of hydrogen-bond donors (Lipinski definition) is 0. The van der Waals surface area contributed by atoms with Gasteiger partial charge >= 0.3 is 0 Å². The second-order valence-electron chi connectivity index (χ2n) is 7.79. The zero-order chi connectivity index (χ0) is 16.2. The summed E-state index contributed by atoms with van der Waals surface area (Å²) >= 11 is 0. The summed E-state index contributed by atoms with van der Waals surface area (Å²) < 4.78 is 26.5. The van der Waals surface area contributed by atoms with Crippen LogP contribution >= 0.6 is 0 Å². The minimum absolute atomic E-state index is 0.150. The molecule has 0 atom stereocenters. The number of carbonyl (C=O) groups excluding carboxylic acids is 1. The fourth-order valence-corrected chi connectivity index (χ4v) is 5.96. The van der Waals surface area contributed by atoms with Crippen molar-refractivity contribution in [3.8, 4) is 0 Å². The van der Waals surface area contributed by atoms with Gasteiger partial charge in [-0.3, -0.25) is 9.69 Å². The van der Waals surface area contributed by atoms with Crippen molar-refractivity contribution in [1.29, 1.82) is 0 Å². The Labute approximate surface area is 138 Å². The van der Waals surface area contributed by atoms with Crippen LogP contribution in [0.1, 0.15) is 38.5 Å². The number of rotatable bonds is 4. The number of piperazine rings is 1. The Balaban J connectivity index is 1.47. The van der Waals surface area contributed by atoms with Crippen LogP contribution in [0.15, 0.2) is 0 Å². The summed E-state index contributed by atoms with van der Waals surface area (Å²) in [6.07, 6.45) is 5.38. The van der Waals surface area contributed by atoms with Crippen molar-refractivity contribution in [3.63, 3.8) is 0 Å². The van der Waals surface area contributed by atoms with Crippen LogP contribution in [0.25, 0.3) is 0 Å². The molecule has 0 aromatic heterocycles. The van der Waals surface area contributed by atoms with Crippen LogP contribution in [0.4, 0.5) is 0 Å². The molecule has 2 saturated carbocycles. The Morgan fingerprint density at radius 1 is 1.04 bits per heavy atom. The van der Waals surface area contributed by atoms with Crippen LogP contribution in [-0.2, 0) is 14.8 Å². The highest BCUT2D eigenvalue weighted by atomic mass is 32.2. The molecule has 1 spiro atoms. The lowest BCUT2D eigenvalue weighted by Gasteiger charge is -2.51. The Kier molecular flexibility index (Phi) is 3.74. The first-order chi connectivity index (χ1) is 10.9. The van der Waals surface area contributed by atoms with Crippen LogP contribution in [0.3, 0.4) is 0 Å². The molecular weight excluding hydrogens is 314 g/mol. The molecule has 0 radical (unpaired) electrons. The van der Waals surface area contributed by atoms with Crippen molar-refractivity contribution < 1.29 is 13.2 Å². The number of likely N-dealkylation sites (N-methyl/N-ethyl adjacent to an activating group) is 1. The van der Waals surface area contributed by atoms with Crippen LogP contribution in [0.2, 0.25) is 0 Å². The van der Waals surface area contributed by atoms with Gasteiger partial charge < -0.3 is 4.90 Å². The number of sulfonamides is 1. The Bertz CT molecular complexity index is 590. The fourth-order valence-electron chi connectivity index (χ4n) is 4.11. The van der Waals surface area contributed by atoms with E-state index in [-0.39, 0.29) is 11.2 Å². The summed E-state index contributed by atoms with van der Waals surface area (Å²) in [5.41, 5.74) is -0.470. The fraction of sp³-hybridized carbons (Fsp3) is 0.938. The minimum atomic E-state index is -3.11. The molecule has 0 aromatic rings. The lowest BCUT2D eigenvalue weighted by Crippen LogP contribution is -2.68. The van der Waals surface area contributed by atoms with Gasteiger partial charge in [-0.1, -0.05) is 0 Å². The van der Waals surface area contributed by atoms with Gasteiger partial charge in [0, 0.05) is 32.7 Å². The van der Waals surface area contributed by atoms with E-state index < -0.39 is 15.6 Å². The van der Waals surface area contributed by atoms with Crippen molar-refractivity contribution in [3.05, 3.63) is 0 Å². The molecule has 4 aliphatic rings. The molecule has 2 heterocycles. The normalized spacial score (nSPS) is 30.1. The highest BCUT2D eigenvalue weighted by Crippen LogP contribution is 2.38. The maximum Gasteiger partial charge on any atom is 0.243 e. The van der Waals surface area contributed by atoms with Crippen molar-refractivity contribution in [2.45, 2.75) is 49.3 Å². The zero-order valence-electron chi connectivity index (χ0n) is 13.9. The molecule has 6 nitrogen and oxygen atoms in total. The van der Waals surface area contributed by atoms with Gasteiger partial charge in [0.25, 0.3) is 0 Å². The zero-order valence-corrected chi connectivity index (χ0v) is 14.7. The van der Waals surface area contributed by atoms with E-state index in [4.69, 9.17) is 0 Å². The van der Waals surface area contributed by atoms with E-state index in [0.29, 0.717) is 31.8 Å². The molecule has 7 heteroatoms. The Morgan fingerprint density at radius 2 is 1.70 bits per heavy atom. The average Bonchev–Trinajstić information content (AvgIpc) is 3.41. The number of carbonyl (C=O) groups is 1. The van der Waals surface area contributed by atoms with Crippen molar-refractivity contribution in [2.75, 3.05) is 39.8 Å².